The van der Waals surface area contributed by atoms with Gasteiger partial charge in [0.1, 0.15) is 5.78 Å². The average molecular weight is 233 g/mol. The first-order valence-corrected chi connectivity index (χ1v) is 5.06. The summed E-state index contributed by atoms with van der Waals surface area (Å²) in [6, 6.07) is -0.504. The largest absolute Gasteiger partial charge is 0.347 e. The van der Waals surface area contributed by atoms with Gasteiger partial charge in [0.25, 0.3) is 0 Å². The first-order chi connectivity index (χ1) is 6.19. The highest BCUT2D eigenvalue weighted by Crippen LogP contribution is 2.24. The van der Waals surface area contributed by atoms with E-state index in [1.54, 1.807) is 13.8 Å². The topological polar surface area (TPSA) is 46.2 Å². The van der Waals surface area contributed by atoms with Crippen LogP contribution in [0, 0.1) is 5.41 Å². The molecule has 1 unspecified atom stereocenters. The predicted octanol–water partition coefficient (Wildman–Crippen LogP) is 1.36. The van der Waals surface area contributed by atoms with Crippen LogP contribution in [0.3, 0.4) is 0 Å². The first kappa shape index (κ1) is 13.6. The van der Waals surface area contributed by atoms with Gasteiger partial charge >= 0.3 is 0 Å². The lowest BCUT2D eigenvalue weighted by Gasteiger charge is -2.31. The van der Waals surface area contributed by atoms with E-state index in [2.05, 4.69) is 17.9 Å². The lowest BCUT2D eigenvalue weighted by molar-refractivity contribution is -0.126. The van der Waals surface area contributed by atoms with E-state index in [0.29, 0.717) is 4.20 Å². The number of hydrogen-bond donors (Lipinski definition) is 2. The van der Waals surface area contributed by atoms with Crippen molar-refractivity contribution in [1.29, 1.82) is 0 Å². The van der Waals surface area contributed by atoms with Crippen LogP contribution in [0.25, 0.3) is 0 Å². The lowest BCUT2D eigenvalue weighted by atomic mass is 9.81. The first-order valence-electron chi connectivity index (χ1n) is 4.20. The second kappa shape index (κ2) is 4.89. The molecule has 0 radical (unpaired) electrons. The second-order valence-electron chi connectivity index (χ2n) is 3.75. The van der Waals surface area contributed by atoms with Crippen LogP contribution in [0.4, 0.5) is 0 Å². The summed E-state index contributed by atoms with van der Waals surface area (Å²) in [4.78, 5) is 22.3. The Bertz CT molecular complexity index is 274. The highest BCUT2D eigenvalue weighted by molar-refractivity contribution is 8.11. The molecule has 0 saturated heterocycles. The fourth-order valence-electron chi connectivity index (χ4n) is 0.957. The molecule has 0 aromatic carbocycles. The summed E-state index contributed by atoms with van der Waals surface area (Å²) in [7, 11) is 0. The number of hydrogen-bond acceptors (Lipinski definition) is 3. The zero-order valence-electron chi connectivity index (χ0n) is 8.75. The van der Waals surface area contributed by atoms with Crippen molar-refractivity contribution >= 4 is 40.7 Å². The number of nitrogens with one attached hydrogen (secondary N) is 1. The summed E-state index contributed by atoms with van der Waals surface area (Å²) in [5, 5.41) is 2.62. The molecule has 0 spiro atoms. The zero-order valence-corrected chi connectivity index (χ0v) is 10.5. The number of thiocarbonyl (C=S) groups is 1. The Hall–Kier alpha value is -0.420. The number of amides is 1. The molecule has 0 saturated carbocycles. The number of ketones is 1. The number of thiol groups is 1. The Kier molecular flexibility index (Phi) is 4.74. The van der Waals surface area contributed by atoms with Crippen LogP contribution >= 0.6 is 24.8 Å². The fourth-order valence-corrected chi connectivity index (χ4v) is 1.70. The predicted molar refractivity (Wildman–Crippen MR) is 63.7 cm³/mol. The van der Waals surface area contributed by atoms with Gasteiger partial charge in [0, 0.05) is 12.3 Å². The third kappa shape index (κ3) is 3.38. The van der Waals surface area contributed by atoms with Crippen molar-refractivity contribution in [3.63, 3.8) is 0 Å². The molecule has 0 aromatic rings. The SMILES string of the molecule is CC(=O)NC(C(=S)S)C(C)(C)C(C)=O. The van der Waals surface area contributed by atoms with Gasteiger partial charge in [-0.15, -0.1) is 12.6 Å². The van der Waals surface area contributed by atoms with Gasteiger partial charge in [-0.3, -0.25) is 9.59 Å². The molecule has 0 aromatic heterocycles. The van der Waals surface area contributed by atoms with Gasteiger partial charge < -0.3 is 5.32 Å². The summed E-state index contributed by atoms with van der Waals surface area (Å²) < 4.78 is 0.320. The Morgan fingerprint density at radius 2 is 1.79 bits per heavy atom. The molecule has 1 amide bonds. The van der Waals surface area contributed by atoms with Crippen LogP contribution in [0.2, 0.25) is 0 Å². The van der Waals surface area contributed by atoms with E-state index in [1.807, 2.05) is 0 Å². The van der Waals surface area contributed by atoms with Gasteiger partial charge in [-0.25, -0.2) is 0 Å². The third-order valence-electron chi connectivity index (χ3n) is 2.22. The van der Waals surface area contributed by atoms with Gasteiger partial charge in [0.2, 0.25) is 5.91 Å². The maximum Gasteiger partial charge on any atom is 0.217 e. The van der Waals surface area contributed by atoms with Crippen molar-refractivity contribution in [3.05, 3.63) is 0 Å². The van der Waals surface area contributed by atoms with E-state index < -0.39 is 11.5 Å². The molecule has 80 valence electrons. The molecular formula is C9H15NO2S2. The highest BCUT2D eigenvalue weighted by atomic mass is 32.1. The smallest absolute Gasteiger partial charge is 0.217 e. The Balaban J connectivity index is 4.91. The number of carbonyl (C=O) groups is 2. The quantitative estimate of drug-likeness (QED) is 0.569. The summed E-state index contributed by atoms with van der Waals surface area (Å²) in [5.74, 6) is -0.256. The molecule has 5 heteroatoms. The monoisotopic (exact) mass is 233 g/mol. The summed E-state index contributed by atoms with van der Waals surface area (Å²) in [5.41, 5.74) is -0.718. The zero-order chi connectivity index (χ0) is 11.5. The van der Waals surface area contributed by atoms with E-state index in [9.17, 15) is 9.59 Å². The molecular weight excluding hydrogens is 218 g/mol. The van der Waals surface area contributed by atoms with Crippen molar-refractivity contribution in [2.45, 2.75) is 33.7 Å². The molecule has 0 fully saturated rings. The minimum Gasteiger partial charge on any atom is -0.347 e. The standard InChI is InChI=1S/C9H15NO2S2/c1-5(11)9(3,4)7(8(13)14)10-6(2)12/h7H,1-4H3,(H,10,12)(H,13,14). The molecule has 0 heterocycles. The Morgan fingerprint density at radius 1 is 1.36 bits per heavy atom. The van der Waals surface area contributed by atoms with E-state index in [4.69, 9.17) is 12.2 Å². The van der Waals surface area contributed by atoms with Crippen molar-refractivity contribution < 1.29 is 9.59 Å². The molecule has 14 heavy (non-hydrogen) atoms. The molecule has 0 bridgehead atoms. The van der Waals surface area contributed by atoms with Crippen molar-refractivity contribution in [2.75, 3.05) is 0 Å². The molecule has 1 N–H and O–H groups in total. The van der Waals surface area contributed by atoms with Gasteiger partial charge in [0.05, 0.1) is 10.2 Å². The minimum absolute atomic E-state index is 0.0346. The van der Waals surface area contributed by atoms with Crippen LogP contribution in [-0.4, -0.2) is 21.9 Å². The van der Waals surface area contributed by atoms with Crippen LogP contribution in [0.15, 0.2) is 0 Å². The molecule has 0 aliphatic rings. The number of carbonyl (C=O) groups excluding carboxylic acids is 2. The highest BCUT2D eigenvalue weighted by Gasteiger charge is 2.36. The van der Waals surface area contributed by atoms with E-state index in [1.165, 1.54) is 13.8 Å². The summed E-state index contributed by atoms with van der Waals surface area (Å²) in [6.45, 7) is 6.33. The third-order valence-corrected chi connectivity index (χ3v) is 2.72. The van der Waals surface area contributed by atoms with E-state index in [-0.39, 0.29) is 11.7 Å². The Morgan fingerprint density at radius 3 is 2.00 bits per heavy atom. The molecule has 0 aliphatic heterocycles. The average Bonchev–Trinajstić information content (AvgIpc) is 1.98. The Labute approximate surface area is 95.0 Å². The molecule has 1 atom stereocenters. The van der Waals surface area contributed by atoms with Gasteiger partial charge in [-0.05, 0) is 6.92 Å². The van der Waals surface area contributed by atoms with Crippen LogP contribution in [0.1, 0.15) is 27.7 Å². The number of Topliss-reactive ketones (excluding diaryl/α,β-unsaturated/α-hetero) is 1. The maximum absolute atomic E-state index is 11.3. The normalized spacial score (nSPS) is 13.2. The van der Waals surface area contributed by atoms with Gasteiger partial charge in [-0.2, -0.15) is 0 Å². The van der Waals surface area contributed by atoms with Crippen LogP contribution < -0.4 is 5.32 Å². The summed E-state index contributed by atoms with van der Waals surface area (Å²) in [6.07, 6.45) is 0. The van der Waals surface area contributed by atoms with E-state index in [0.717, 1.165) is 0 Å². The van der Waals surface area contributed by atoms with Gasteiger partial charge in [0.15, 0.2) is 0 Å². The van der Waals surface area contributed by atoms with Crippen LogP contribution in [-0.2, 0) is 9.59 Å². The van der Waals surface area contributed by atoms with Crippen molar-refractivity contribution in [3.8, 4) is 0 Å². The van der Waals surface area contributed by atoms with Crippen molar-refractivity contribution in [2.24, 2.45) is 5.41 Å². The van der Waals surface area contributed by atoms with Crippen LogP contribution in [0.5, 0.6) is 0 Å². The maximum atomic E-state index is 11.3. The lowest BCUT2D eigenvalue weighted by Crippen LogP contribution is -2.50. The van der Waals surface area contributed by atoms with Crippen molar-refractivity contribution in [1.82, 2.24) is 5.32 Å². The van der Waals surface area contributed by atoms with E-state index >= 15 is 0 Å². The fraction of sp³-hybridized carbons (Fsp3) is 0.667. The molecule has 0 rings (SSSR count). The summed E-state index contributed by atoms with van der Waals surface area (Å²) >= 11 is 8.92. The molecule has 0 aliphatic carbocycles. The minimum atomic E-state index is -0.718. The second-order valence-corrected chi connectivity index (χ2v) is 4.97. The van der Waals surface area contributed by atoms with Gasteiger partial charge in [-0.1, -0.05) is 26.1 Å². The molecule has 3 nitrogen and oxygen atoms in total. The number of rotatable bonds is 4.